The van der Waals surface area contributed by atoms with E-state index in [0.717, 1.165) is 20.5 Å². The molecule has 1 aliphatic heterocycles. The van der Waals surface area contributed by atoms with Crippen LogP contribution in [0.4, 0.5) is 0 Å². The van der Waals surface area contributed by atoms with E-state index in [1.165, 1.54) is 22.7 Å². The molecule has 5 nitrogen and oxygen atoms in total. The predicted molar refractivity (Wildman–Crippen MR) is 138 cm³/mol. The van der Waals surface area contributed by atoms with E-state index in [1.807, 2.05) is 78.2 Å². The van der Waals surface area contributed by atoms with E-state index in [0.29, 0.717) is 20.6 Å². The smallest absolute Gasteiger partial charge is 0.338 e. The number of fused-ring (bicyclic) bond motifs is 1. The molecule has 1 atom stereocenters. The van der Waals surface area contributed by atoms with Crippen molar-refractivity contribution >= 4 is 50.6 Å². The normalized spacial score (nSPS) is 15.7. The number of carbonyl (C=O) groups excluding carboxylic acids is 1. The van der Waals surface area contributed by atoms with Crippen molar-refractivity contribution in [2.24, 2.45) is 4.99 Å². The highest BCUT2D eigenvalue weighted by Gasteiger charge is 2.34. The van der Waals surface area contributed by atoms with Crippen LogP contribution >= 0.6 is 38.6 Å². The summed E-state index contributed by atoms with van der Waals surface area (Å²) in [5.74, 6) is -0.467. The van der Waals surface area contributed by atoms with Crippen LogP contribution in [0.15, 0.2) is 97.6 Å². The number of esters is 1. The van der Waals surface area contributed by atoms with Gasteiger partial charge in [-0.1, -0.05) is 75.8 Å². The lowest BCUT2D eigenvalue weighted by Gasteiger charge is -2.23. The summed E-state index contributed by atoms with van der Waals surface area (Å²) in [7, 11) is 0. The molecule has 2 aromatic carbocycles. The van der Waals surface area contributed by atoms with Gasteiger partial charge in [-0.05, 0) is 47.7 Å². The van der Waals surface area contributed by atoms with Crippen LogP contribution in [-0.4, -0.2) is 10.5 Å². The van der Waals surface area contributed by atoms with Crippen molar-refractivity contribution in [2.75, 3.05) is 0 Å². The van der Waals surface area contributed by atoms with Crippen LogP contribution in [-0.2, 0) is 16.1 Å². The summed E-state index contributed by atoms with van der Waals surface area (Å²) < 4.78 is 8.81. The molecule has 4 aromatic rings. The molecule has 0 radical (unpaired) electrons. The van der Waals surface area contributed by atoms with Crippen LogP contribution in [0.25, 0.3) is 6.08 Å². The molecule has 0 N–H and O–H groups in total. The van der Waals surface area contributed by atoms with Crippen LogP contribution in [0.1, 0.15) is 29.0 Å². The van der Waals surface area contributed by atoms with Gasteiger partial charge < -0.3 is 4.74 Å². The highest BCUT2D eigenvalue weighted by atomic mass is 79.9. The summed E-state index contributed by atoms with van der Waals surface area (Å²) in [6.45, 7) is 1.95. The number of hydrogen-bond donors (Lipinski definition) is 0. The number of carbonyl (C=O) groups is 1. The highest BCUT2D eigenvalue weighted by molar-refractivity contribution is 9.10. The summed E-state index contributed by atoms with van der Waals surface area (Å²) >= 11 is 6.26. The maximum absolute atomic E-state index is 13.5. The van der Waals surface area contributed by atoms with Gasteiger partial charge in [-0.3, -0.25) is 9.36 Å². The number of nitrogens with zero attached hydrogens (tertiary/aromatic N) is 2. The average Bonchev–Trinajstić information content (AvgIpc) is 3.47. The SMILES string of the molecule is CC1=C(C(=O)OCc2ccccc2)[C@@H](c2cccs2)n2c(s/c(=C/c3ccc(Br)cc3)c2=O)=N1. The third kappa shape index (κ3) is 4.49. The zero-order valence-corrected chi connectivity index (χ0v) is 21.3. The summed E-state index contributed by atoms with van der Waals surface area (Å²) in [6.07, 6.45) is 1.86. The van der Waals surface area contributed by atoms with Gasteiger partial charge in [0.25, 0.3) is 5.56 Å². The van der Waals surface area contributed by atoms with Crippen LogP contribution in [0.5, 0.6) is 0 Å². The Bertz CT molecular complexity index is 1550. The number of thiazole rings is 1. The minimum Gasteiger partial charge on any atom is -0.457 e. The molecule has 0 spiro atoms. The monoisotopic (exact) mass is 550 g/mol. The van der Waals surface area contributed by atoms with Crippen molar-refractivity contribution in [1.29, 1.82) is 0 Å². The Morgan fingerprint density at radius 3 is 2.59 bits per heavy atom. The van der Waals surface area contributed by atoms with Crippen LogP contribution in [0, 0.1) is 0 Å². The van der Waals surface area contributed by atoms with Gasteiger partial charge in [-0.25, -0.2) is 9.79 Å². The van der Waals surface area contributed by atoms with Gasteiger partial charge in [0, 0.05) is 9.35 Å². The van der Waals surface area contributed by atoms with Crippen molar-refractivity contribution in [3.05, 3.63) is 124 Å². The first-order chi connectivity index (χ1) is 16.5. The van der Waals surface area contributed by atoms with E-state index in [9.17, 15) is 9.59 Å². The van der Waals surface area contributed by atoms with Crippen molar-refractivity contribution in [1.82, 2.24) is 4.57 Å². The molecular weight excluding hydrogens is 532 g/mol. The van der Waals surface area contributed by atoms with E-state index >= 15 is 0 Å². The summed E-state index contributed by atoms with van der Waals surface area (Å²) in [4.78, 5) is 32.9. The fourth-order valence-corrected chi connectivity index (χ4v) is 5.94. The van der Waals surface area contributed by atoms with E-state index < -0.39 is 12.0 Å². The first kappa shape index (κ1) is 22.7. The Kier molecular flexibility index (Phi) is 6.45. The topological polar surface area (TPSA) is 60.7 Å². The van der Waals surface area contributed by atoms with Crippen LogP contribution in [0.2, 0.25) is 0 Å². The Hall–Kier alpha value is -3.07. The lowest BCUT2D eigenvalue weighted by molar-refractivity contribution is -0.140. The zero-order valence-electron chi connectivity index (χ0n) is 18.1. The van der Waals surface area contributed by atoms with E-state index in [2.05, 4.69) is 20.9 Å². The number of allylic oxidation sites excluding steroid dienone is 1. The first-order valence-corrected chi connectivity index (χ1v) is 13.0. The molecule has 8 heteroatoms. The average molecular weight is 551 g/mol. The van der Waals surface area contributed by atoms with E-state index in [4.69, 9.17) is 4.74 Å². The van der Waals surface area contributed by atoms with Crippen LogP contribution in [0.3, 0.4) is 0 Å². The molecule has 1 aliphatic rings. The number of aromatic nitrogens is 1. The second-order valence-corrected chi connectivity index (χ2v) is 10.6. The molecule has 2 aromatic heterocycles. The molecule has 0 fully saturated rings. The van der Waals surface area contributed by atoms with Gasteiger partial charge in [-0.2, -0.15) is 0 Å². The fraction of sp³-hybridized carbons (Fsp3) is 0.115. The molecule has 170 valence electrons. The number of thiophene rings is 1. The fourth-order valence-electron chi connectivity index (χ4n) is 3.81. The van der Waals surface area contributed by atoms with Gasteiger partial charge in [0.05, 0.1) is 15.8 Å². The van der Waals surface area contributed by atoms with Gasteiger partial charge in [-0.15, -0.1) is 11.3 Å². The second kappa shape index (κ2) is 9.66. The maximum atomic E-state index is 13.5. The van der Waals surface area contributed by atoms with Crippen molar-refractivity contribution in [3.8, 4) is 0 Å². The van der Waals surface area contributed by atoms with Crippen LogP contribution < -0.4 is 14.9 Å². The summed E-state index contributed by atoms with van der Waals surface area (Å²) in [5, 5.41) is 1.94. The quantitative estimate of drug-likeness (QED) is 0.335. The molecule has 0 amide bonds. The Labute approximate surface area is 212 Å². The number of benzene rings is 2. The minimum atomic E-state index is -0.577. The van der Waals surface area contributed by atoms with Crippen molar-refractivity contribution in [2.45, 2.75) is 19.6 Å². The first-order valence-electron chi connectivity index (χ1n) is 10.5. The van der Waals surface area contributed by atoms with Gasteiger partial charge >= 0.3 is 5.97 Å². The third-order valence-corrected chi connectivity index (χ3v) is 7.87. The standard InChI is InChI=1S/C26H19BrN2O3S2/c1-16-22(25(31)32-15-18-6-3-2-4-7-18)23(20-8-5-13-33-20)29-24(30)21(34-26(29)28-16)14-17-9-11-19(27)12-10-17/h2-14,23H,15H2,1H3/b21-14+/t23-/m1/s1. The number of rotatable bonds is 5. The lowest BCUT2D eigenvalue weighted by Crippen LogP contribution is -2.39. The molecule has 0 unspecified atom stereocenters. The van der Waals surface area contributed by atoms with Crippen molar-refractivity contribution < 1.29 is 9.53 Å². The van der Waals surface area contributed by atoms with Gasteiger partial charge in [0.2, 0.25) is 0 Å². The highest BCUT2D eigenvalue weighted by Crippen LogP contribution is 2.33. The Balaban J connectivity index is 1.58. The minimum absolute atomic E-state index is 0.154. The van der Waals surface area contributed by atoms with Crippen molar-refractivity contribution in [3.63, 3.8) is 0 Å². The molecule has 0 saturated heterocycles. The Morgan fingerprint density at radius 2 is 1.88 bits per heavy atom. The zero-order chi connectivity index (χ0) is 23.7. The molecule has 0 saturated carbocycles. The molecule has 5 rings (SSSR count). The van der Waals surface area contributed by atoms with E-state index in [1.54, 1.807) is 11.5 Å². The maximum Gasteiger partial charge on any atom is 0.338 e. The molecular formula is C26H19BrN2O3S2. The molecule has 0 bridgehead atoms. The summed E-state index contributed by atoms with van der Waals surface area (Å²) in [6, 6.07) is 20.6. The second-order valence-electron chi connectivity index (χ2n) is 7.71. The van der Waals surface area contributed by atoms with E-state index in [-0.39, 0.29) is 12.2 Å². The molecule has 34 heavy (non-hydrogen) atoms. The van der Waals surface area contributed by atoms with Gasteiger partial charge in [0.15, 0.2) is 4.80 Å². The largest absolute Gasteiger partial charge is 0.457 e. The Morgan fingerprint density at radius 1 is 1.12 bits per heavy atom. The predicted octanol–water partition coefficient (Wildman–Crippen LogP) is 4.80. The number of ether oxygens (including phenoxy) is 1. The number of halogens is 1. The number of hydrogen-bond acceptors (Lipinski definition) is 6. The summed E-state index contributed by atoms with van der Waals surface area (Å²) in [5.41, 5.74) is 2.59. The third-order valence-electron chi connectivity index (χ3n) is 5.43. The lowest BCUT2D eigenvalue weighted by atomic mass is 10.0. The molecule has 0 aliphatic carbocycles. The van der Waals surface area contributed by atoms with Gasteiger partial charge in [0.1, 0.15) is 12.6 Å². The molecule has 3 heterocycles.